The average Bonchev–Trinajstić information content (AvgIpc) is 3.23. The number of nitrogens with zero attached hydrogens (tertiary/aromatic N) is 3. The molecule has 0 aliphatic carbocycles. The van der Waals surface area contributed by atoms with E-state index in [1.54, 1.807) is 12.5 Å². The fraction of sp³-hybridized carbons (Fsp3) is 0.412. The summed E-state index contributed by atoms with van der Waals surface area (Å²) in [6, 6.07) is 8.50. The molecule has 1 amide bonds. The summed E-state index contributed by atoms with van der Waals surface area (Å²) >= 11 is 0. The molecule has 2 aliphatic rings. The van der Waals surface area contributed by atoms with Crippen LogP contribution < -0.4 is 0 Å². The van der Waals surface area contributed by atoms with E-state index in [9.17, 15) is 4.79 Å². The third kappa shape index (κ3) is 2.41. The first-order valence-corrected chi connectivity index (χ1v) is 7.76. The quantitative estimate of drug-likeness (QED) is 0.866. The number of fused-ring (bicyclic) bond motifs is 1. The highest BCUT2D eigenvalue weighted by atomic mass is 16.3. The number of pyridine rings is 1. The van der Waals surface area contributed by atoms with E-state index < -0.39 is 0 Å². The van der Waals surface area contributed by atoms with Gasteiger partial charge in [-0.2, -0.15) is 0 Å². The normalized spacial score (nSPS) is 24.9. The Morgan fingerprint density at radius 1 is 1.23 bits per heavy atom. The van der Waals surface area contributed by atoms with Crippen LogP contribution in [0.15, 0.2) is 47.3 Å². The Morgan fingerprint density at radius 2 is 2.18 bits per heavy atom. The summed E-state index contributed by atoms with van der Waals surface area (Å²) in [6.45, 7) is 2.48. The van der Waals surface area contributed by atoms with Crippen LogP contribution in [0, 0.1) is 0 Å². The predicted molar refractivity (Wildman–Crippen MR) is 80.7 cm³/mol. The number of aromatic nitrogens is 1. The molecule has 2 aliphatic heterocycles. The first kappa shape index (κ1) is 13.5. The van der Waals surface area contributed by atoms with Crippen LogP contribution in [0.1, 0.15) is 24.2 Å². The Kier molecular flexibility index (Phi) is 3.42. The van der Waals surface area contributed by atoms with Gasteiger partial charge < -0.3 is 9.32 Å². The van der Waals surface area contributed by atoms with Crippen LogP contribution in [0.3, 0.4) is 0 Å². The zero-order valence-electron chi connectivity index (χ0n) is 12.4. The molecule has 2 aromatic heterocycles. The zero-order chi connectivity index (χ0) is 14.9. The lowest BCUT2D eigenvalue weighted by atomic mass is 10.1. The van der Waals surface area contributed by atoms with Crippen molar-refractivity contribution < 1.29 is 9.21 Å². The van der Waals surface area contributed by atoms with Gasteiger partial charge in [0.2, 0.25) is 5.91 Å². The minimum atomic E-state index is 0.253. The average molecular weight is 297 g/mol. The van der Waals surface area contributed by atoms with Gasteiger partial charge >= 0.3 is 0 Å². The number of rotatable bonds is 4. The number of furan rings is 1. The molecular weight excluding hydrogens is 278 g/mol. The third-order valence-electron chi connectivity index (χ3n) is 4.74. The second-order valence-corrected chi connectivity index (χ2v) is 6.06. The van der Waals surface area contributed by atoms with Crippen molar-refractivity contribution in [3.05, 3.63) is 54.2 Å². The predicted octanol–water partition coefficient (Wildman–Crippen LogP) is 2.05. The van der Waals surface area contributed by atoms with E-state index >= 15 is 0 Å². The van der Waals surface area contributed by atoms with Crippen molar-refractivity contribution in [3.63, 3.8) is 0 Å². The van der Waals surface area contributed by atoms with E-state index in [0.29, 0.717) is 25.0 Å². The Bertz CT molecular complexity index is 641. The van der Waals surface area contributed by atoms with Gasteiger partial charge in [-0.3, -0.25) is 14.7 Å². The summed E-state index contributed by atoms with van der Waals surface area (Å²) in [5.74, 6) is 1.22. The molecule has 0 bridgehead atoms. The smallest absolute Gasteiger partial charge is 0.224 e. The highest BCUT2D eigenvalue weighted by molar-refractivity contribution is 5.80. The Hall–Kier alpha value is -2.14. The molecule has 0 radical (unpaired) electrons. The van der Waals surface area contributed by atoms with Crippen LogP contribution >= 0.6 is 0 Å². The van der Waals surface area contributed by atoms with Gasteiger partial charge in [0, 0.05) is 44.0 Å². The number of carbonyl (C=O) groups is 1. The van der Waals surface area contributed by atoms with Crippen molar-refractivity contribution in [2.45, 2.75) is 38.0 Å². The minimum absolute atomic E-state index is 0.253. The van der Waals surface area contributed by atoms with Crippen LogP contribution in [0.4, 0.5) is 0 Å². The Balaban J connectivity index is 1.47. The van der Waals surface area contributed by atoms with Crippen LogP contribution in [0.5, 0.6) is 0 Å². The SMILES string of the molecule is O=C1CC2C(CCN2Cc2ccco2)N1Cc1cccnc1. The fourth-order valence-corrected chi connectivity index (χ4v) is 3.70. The molecule has 2 atom stereocenters. The van der Waals surface area contributed by atoms with E-state index in [0.717, 1.165) is 30.8 Å². The van der Waals surface area contributed by atoms with Gasteiger partial charge in [-0.25, -0.2) is 0 Å². The van der Waals surface area contributed by atoms with Gasteiger partial charge in [-0.15, -0.1) is 0 Å². The molecule has 4 heterocycles. The molecular formula is C17H19N3O2. The third-order valence-corrected chi connectivity index (χ3v) is 4.74. The van der Waals surface area contributed by atoms with E-state index in [1.165, 1.54) is 0 Å². The number of amides is 1. The van der Waals surface area contributed by atoms with Crippen molar-refractivity contribution in [2.75, 3.05) is 6.54 Å². The molecule has 0 aromatic carbocycles. The summed E-state index contributed by atoms with van der Waals surface area (Å²) < 4.78 is 5.44. The summed E-state index contributed by atoms with van der Waals surface area (Å²) in [7, 11) is 0. The van der Waals surface area contributed by atoms with Gasteiger partial charge in [-0.1, -0.05) is 6.07 Å². The molecule has 0 saturated carbocycles. The first-order valence-electron chi connectivity index (χ1n) is 7.76. The fourth-order valence-electron chi connectivity index (χ4n) is 3.70. The van der Waals surface area contributed by atoms with E-state index in [4.69, 9.17) is 4.42 Å². The number of hydrogen-bond donors (Lipinski definition) is 0. The van der Waals surface area contributed by atoms with Crippen LogP contribution in [0.2, 0.25) is 0 Å². The largest absolute Gasteiger partial charge is 0.468 e. The van der Waals surface area contributed by atoms with Crippen LogP contribution in [-0.4, -0.2) is 39.3 Å². The van der Waals surface area contributed by atoms with Gasteiger partial charge in [-0.05, 0) is 30.2 Å². The van der Waals surface area contributed by atoms with E-state index in [-0.39, 0.29) is 5.91 Å². The Labute approximate surface area is 129 Å². The molecule has 4 rings (SSSR count). The monoisotopic (exact) mass is 297 g/mol. The maximum absolute atomic E-state index is 12.4. The molecule has 22 heavy (non-hydrogen) atoms. The molecule has 2 fully saturated rings. The number of hydrogen-bond acceptors (Lipinski definition) is 4. The second kappa shape index (κ2) is 5.57. The summed E-state index contributed by atoms with van der Waals surface area (Å²) in [6.07, 6.45) is 6.97. The maximum Gasteiger partial charge on any atom is 0.224 e. The minimum Gasteiger partial charge on any atom is -0.468 e. The van der Waals surface area contributed by atoms with Crippen molar-refractivity contribution in [3.8, 4) is 0 Å². The molecule has 5 heteroatoms. The van der Waals surface area contributed by atoms with Crippen molar-refractivity contribution in [1.82, 2.24) is 14.8 Å². The van der Waals surface area contributed by atoms with E-state index in [2.05, 4.69) is 9.88 Å². The van der Waals surface area contributed by atoms with Crippen molar-refractivity contribution in [1.29, 1.82) is 0 Å². The summed E-state index contributed by atoms with van der Waals surface area (Å²) in [5.41, 5.74) is 1.10. The van der Waals surface area contributed by atoms with Gasteiger partial charge in [0.05, 0.1) is 12.8 Å². The molecule has 114 valence electrons. The van der Waals surface area contributed by atoms with Crippen molar-refractivity contribution in [2.24, 2.45) is 0 Å². The molecule has 2 aromatic rings. The van der Waals surface area contributed by atoms with Gasteiger partial charge in [0.25, 0.3) is 0 Å². The lowest BCUT2D eigenvalue weighted by Crippen LogP contribution is -2.36. The van der Waals surface area contributed by atoms with Crippen molar-refractivity contribution >= 4 is 5.91 Å². The lowest BCUT2D eigenvalue weighted by Gasteiger charge is -2.25. The molecule has 0 spiro atoms. The number of carbonyl (C=O) groups excluding carboxylic acids is 1. The molecule has 0 N–H and O–H groups in total. The number of likely N-dealkylation sites (tertiary alicyclic amines) is 2. The topological polar surface area (TPSA) is 49.6 Å². The summed E-state index contributed by atoms with van der Waals surface area (Å²) in [4.78, 5) is 20.9. The maximum atomic E-state index is 12.4. The standard InChI is InChI=1S/C17H19N3O2/c21-17-9-16-15(20(17)11-13-3-1-6-18-10-13)5-7-19(16)12-14-4-2-8-22-14/h1-4,6,8,10,15-16H,5,7,9,11-12H2. The molecule has 2 saturated heterocycles. The van der Waals surface area contributed by atoms with Crippen LogP contribution in [-0.2, 0) is 17.9 Å². The summed E-state index contributed by atoms with van der Waals surface area (Å²) in [5, 5.41) is 0. The van der Waals surface area contributed by atoms with Crippen LogP contribution in [0.25, 0.3) is 0 Å². The molecule has 5 nitrogen and oxygen atoms in total. The highest BCUT2D eigenvalue weighted by Gasteiger charge is 2.46. The highest BCUT2D eigenvalue weighted by Crippen LogP contribution is 2.34. The lowest BCUT2D eigenvalue weighted by molar-refractivity contribution is -0.129. The first-order chi connectivity index (χ1) is 10.8. The Morgan fingerprint density at radius 3 is 2.95 bits per heavy atom. The second-order valence-electron chi connectivity index (χ2n) is 6.06. The zero-order valence-corrected chi connectivity index (χ0v) is 12.4. The van der Waals surface area contributed by atoms with Gasteiger partial charge in [0.15, 0.2) is 0 Å². The van der Waals surface area contributed by atoms with E-state index in [1.807, 2.05) is 35.4 Å². The van der Waals surface area contributed by atoms with Gasteiger partial charge in [0.1, 0.15) is 5.76 Å². The molecule has 2 unspecified atom stereocenters.